The molecular weight excluding hydrogens is 232 g/mol. The predicted molar refractivity (Wildman–Crippen MR) is 61.5 cm³/mol. The van der Waals surface area contributed by atoms with Crippen LogP contribution in [-0.2, 0) is 0 Å². The van der Waals surface area contributed by atoms with Gasteiger partial charge in [0.05, 0.1) is 11.9 Å². The van der Waals surface area contributed by atoms with Gasteiger partial charge in [0.15, 0.2) is 0 Å². The minimum atomic E-state index is -1.33. The van der Waals surface area contributed by atoms with Crippen LogP contribution in [0, 0.1) is 0 Å². The lowest BCUT2D eigenvalue weighted by Gasteiger charge is -2.04. The number of carbonyl (C=O) groups excluding carboxylic acids is 2. The van der Waals surface area contributed by atoms with Gasteiger partial charge in [-0.25, -0.2) is 0 Å². The highest BCUT2D eigenvalue weighted by atomic mass is 16.4. The largest absolute Gasteiger partial charge is 0.545 e. The number of carboxylic acids is 2. The number of aromatic carboxylic acids is 2. The van der Waals surface area contributed by atoms with Gasteiger partial charge in [0.1, 0.15) is 0 Å². The predicted octanol–water partition coefficient (Wildman–Crippen LogP) is 0.100. The molecule has 0 fully saturated rings. The molecule has 92 valence electrons. The summed E-state index contributed by atoms with van der Waals surface area (Å²) in [5, 5.41) is 20.4. The van der Waals surface area contributed by atoms with E-state index in [9.17, 15) is 19.8 Å². The van der Waals surface area contributed by atoms with E-state index in [1.807, 2.05) is 36.4 Å². The zero-order valence-corrected chi connectivity index (χ0v) is 9.41. The van der Waals surface area contributed by atoms with E-state index in [1.165, 1.54) is 0 Å². The summed E-state index contributed by atoms with van der Waals surface area (Å²) in [5.74, 6) is -2.67. The Morgan fingerprint density at radius 3 is 1.00 bits per heavy atom. The van der Waals surface area contributed by atoms with Crippen molar-refractivity contribution in [3.05, 3.63) is 71.8 Å². The molecule has 0 amide bonds. The van der Waals surface area contributed by atoms with E-state index < -0.39 is 11.9 Å². The topological polar surface area (TPSA) is 80.3 Å². The fraction of sp³-hybridized carbons (Fsp3) is 0. The summed E-state index contributed by atoms with van der Waals surface area (Å²) in [4.78, 5) is 20.4. The molecule has 0 aliphatic heterocycles. The van der Waals surface area contributed by atoms with Gasteiger partial charge in [0.2, 0.25) is 0 Å². The van der Waals surface area contributed by atoms with Crippen molar-refractivity contribution in [2.75, 3.05) is 0 Å². The molecule has 0 radical (unpaired) electrons. The van der Waals surface area contributed by atoms with E-state index in [0.29, 0.717) is 0 Å². The van der Waals surface area contributed by atoms with Crippen molar-refractivity contribution in [3.8, 4) is 0 Å². The van der Waals surface area contributed by atoms with Gasteiger partial charge in [0.25, 0.3) is 0 Å². The number of hydrogen-bond donors (Lipinski definition) is 0. The van der Waals surface area contributed by atoms with E-state index in [2.05, 4.69) is 0 Å². The van der Waals surface area contributed by atoms with Crippen LogP contribution in [0.2, 0.25) is 0 Å². The van der Waals surface area contributed by atoms with Crippen molar-refractivity contribution in [3.63, 3.8) is 0 Å². The molecule has 4 heteroatoms. The van der Waals surface area contributed by atoms with Crippen molar-refractivity contribution in [1.82, 2.24) is 0 Å². The zero-order chi connectivity index (χ0) is 13.4. The zero-order valence-electron chi connectivity index (χ0n) is 9.41. The van der Waals surface area contributed by atoms with Crippen molar-refractivity contribution < 1.29 is 19.8 Å². The number of carbonyl (C=O) groups is 2. The molecule has 0 N–H and O–H groups in total. The van der Waals surface area contributed by atoms with Crippen LogP contribution in [0.5, 0.6) is 0 Å². The van der Waals surface area contributed by atoms with Crippen LogP contribution in [0.1, 0.15) is 20.7 Å². The molecule has 0 atom stereocenters. The molecule has 0 saturated carbocycles. The maximum atomic E-state index is 10.2. The van der Waals surface area contributed by atoms with Gasteiger partial charge in [-0.15, -0.1) is 0 Å². The Balaban J connectivity index is 0.000000225. The monoisotopic (exact) mass is 242 g/mol. The van der Waals surface area contributed by atoms with Crippen LogP contribution in [-0.4, -0.2) is 11.9 Å². The average molecular weight is 242 g/mol. The first-order chi connectivity index (χ1) is 8.61. The first-order valence-electron chi connectivity index (χ1n) is 5.14. The quantitative estimate of drug-likeness (QED) is 0.748. The van der Waals surface area contributed by atoms with Gasteiger partial charge < -0.3 is 19.8 Å². The third-order valence-corrected chi connectivity index (χ3v) is 2.02. The molecule has 0 spiro atoms. The molecule has 0 aromatic heterocycles. The minimum Gasteiger partial charge on any atom is -0.545 e. The van der Waals surface area contributed by atoms with Gasteiger partial charge >= 0.3 is 0 Å². The van der Waals surface area contributed by atoms with Gasteiger partial charge in [-0.1, -0.05) is 60.7 Å². The first-order valence-corrected chi connectivity index (χ1v) is 5.14. The Morgan fingerprint density at radius 2 is 0.833 bits per heavy atom. The molecule has 2 aromatic carbocycles. The number of rotatable bonds is 2. The molecule has 0 unspecified atom stereocenters. The fourth-order valence-corrected chi connectivity index (χ4v) is 1.13. The van der Waals surface area contributed by atoms with Crippen LogP contribution >= 0.6 is 0 Å². The molecule has 0 heterocycles. The lowest BCUT2D eigenvalue weighted by Crippen LogP contribution is -2.24. The highest BCUT2D eigenvalue weighted by Gasteiger charge is 1.94. The Labute approximate surface area is 104 Å². The van der Waals surface area contributed by atoms with Gasteiger partial charge in [-0.3, -0.25) is 0 Å². The second-order valence-corrected chi connectivity index (χ2v) is 3.31. The minimum absolute atomic E-state index is 0.0556. The maximum Gasteiger partial charge on any atom is 0.0715 e. The van der Waals surface area contributed by atoms with E-state index in [-0.39, 0.29) is 11.1 Å². The molecular formula is C14H10O4-2. The third-order valence-electron chi connectivity index (χ3n) is 2.02. The molecule has 0 bridgehead atoms. The smallest absolute Gasteiger partial charge is 0.0715 e. The Bertz CT molecular complexity index is 443. The highest BCUT2D eigenvalue weighted by molar-refractivity contribution is 5.89. The van der Waals surface area contributed by atoms with Crippen molar-refractivity contribution in [2.24, 2.45) is 0 Å². The summed E-state index contributed by atoms with van der Waals surface area (Å²) >= 11 is 0. The third kappa shape index (κ3) is 4.49. The van der Waals surface area contributed by atoms with Crippen molar-refractivity contribution in [2.45, 2.75) is 0 Å². The molecule has 2 aromatic rings. The van der Waals surface area contributed by atoms with Crippen molar-refractivity contribution in [1.29, 1.82) is 0 Å². The Morgan fingerprint density at radius 1 is 0.611 bits per heavy atom. The molecule has 0 saturated heterocycles. The Kier molecular flexibility index (Phi) is 5.12. The number of hydrogen-bond acceptors (Lipinski definition) is 4. The molecule has 18 heavy (non-hydrogen) atoms. The lowest BCUT2D eigenvalue weighted by molar-refractivity contribution is -0.256. The van der Waals surface area contributed by atoms with E-state index in [1.54, 1.807) is 0 Å². The highest BCUT2D eigenvalue weighted by Crippen LogP contribution is 2.01. The average Bonchev–Trinajstić information content (AvgIpc) is 2.41. The van der Waals surface area contributed by atoms with Crippen LogP contribution in [0.25, 0.3) is 0 Å². The Hall–Kier alpha value is -2.62. The van der Waals surface area contributed by atoms with Crippen LogP contribution in [0.4, 0.5) is 0 Å². The molecule has 0 aliphatic rings. The van der Waals surface area contributed by atoms with Crippen LogP contribution in [0.3, 0.4) is 0 Å². The van der Waals surface area contributed by atoms with E-state index in [0.717, 1.165) is 24.3 Å². The SMILES string of the molecule is O=C([O-])c1ccc(C(=O)[O-])cc1.c1ccccc1. The number of benzene rings is 2. The van der Waals surface area contributed by atoms with Gasteiger partial charge in [0, 0.05) is 0 Å². The lowest BCUT2D eigenvalue weighted by atomic mass is 10.1. The van der Waals surface area contributed by atoms with Crippen molar-refractivity contribution >= 4 is 11.9 Å². The number of carboxylic acid groups (broad SMARTS) is 2. The summed E-state index contributed by atoms with van der Waals surface area (Å²) in [6.45, 7) is 0. The first kappa shape index (κ1) is 13.4. The van der Waals surface area contributed by atoms with Gasteiger partial charge in [-0.2, -0.15) is 0 Å². The second kappa shape index (κ2) is 6.85. The normalized spacial score (nSPS) is 8.89. The van der Waals surface area contributed by atoms with Crippen LogP contribution < -0.4 is 10.2 Å². The molecule has 0 aliphatic carbocycles. The van der Waals surface area contributed by atoms with E-state index in [4.69, 9.17) is 0 Å². The summed E-state index contributed by atoms with van der Waals surface area (Å²) in [7, 11) is 0. The fourth-order valence-electron chi connectivity index (χ4n) is 1.13. The van der Waals surface area contributed by atoms with Gasteiger partial charge in [-0.05, 0) is 11.1 Å². The van der Waals surface area contributed by atoms with E-state index >= 15 is 0 Å². The maximum absolute atomic E-state index is 10.2. The standard InChI is InChI=1S/C8H6O4.C6H6/c9-7(10)5-1-2-6(4-3-5)8(11)12;1-2-4-6-5-3-1/h1-4H,(H,9,10)(H,11,12);1-6H/p-2. The summed E-state index contributed by atoms with van der Waals surface area (Å²) in [5.41, 5.74) is -0.111. The van der Waals surface area contributed by atoms with Crippen LogP contribution in [0.15, 0.2) is 60.7 Å². The molecule has 2 rings (SSSR count). The second-order valence-electron chi connectivity index (χ2n) is 3.31. The summed E-state index contributed by atoms with van der Waals surface area (Å²) in [6, 6.07) is 16.6. The summed E-state index contributed by atoms with van der Waals surface area (Å²) < 4.78 is 0. The summed E-state index contributed by atoms with van der Waals surface area (Å²) in [6.07, 6.45) is 0. The molecule has 4 nitrogen and oxygen atoms in total.